The SMILES string of the molecule is COCCOC(=O)c1sc2nc(SC(C)C(=O)O)nc(Cl)c2c1C. The summed E-state index contributed by atoms with van der Waals surface area (Å²) < 4.78 is 9.96. The van der Waals surface area contributed by atoms with E-state index >= 15 is 0 Å². The largest absolute Gasteiger partial charge is 0.480 e. The molecule has 0 spiro atoms. The van der Waals surface area contributed by atoms with E-state index < -0.39 is 17.2 Å². The van der Waals surface area contributed by atoms with E-state index in [2.05, 4.69) is 9.97 Å². The second-order valence-electron chi connectivity index (χ2n) is 4.76. The average molecular weight is 391 g/mol. The lowest BCUT2D eigenvalue weighted by Crippen LogP contribution is -2.11. The minimum absolute atomic E-state index is 0.152. The molecule has 2 aromatic rings. The average Bonchev–Trinajstić information content (AvgIpc) is 2.84. The van der Waals surface area contributed by atoms with Crippen LogP contribution >= 0.6 is 34.7 Å². The van der Waals surface area contributed by atoms with Gasteiger partial charge in [0.05, 0.1) is 12.0 Å². The van der Waals surface area contributed by atoms with Crippen LogP contribution in [0.2, 0.25) is 5.15 Å². The Bertz CT molecular complexity index is 780. The lowest BCUT2D eigenvalue weighted by molar-refractivity contribution is -0.136. The van der Waals surface area contributed by atoms with Gasteiger partial charge in [-0.1, -0.05) is 23.4 Å². The number of hydrogen-bond donors (Lipinski definition) is 1. The molecule has 1 unspecified atom stereocenters. The quantitative estimate of drug-likeness (QED) is 0.253. The van der Waals surface area contributed by atoms with Crippen LogP contribution in [0.25, 0.3) is 10.2 Å². The third-order valence-electron chi connectivity index (χ3n) is 3.06. The van der Waals surface area contributed by atoms with Gasteiger partial charge < -0.3 is 14.6 Å². The molecule has 0 aliphatic carbocycles. The first kappa shape index (κ1) is 18.9. The van der Waals surface area contributed by atoms with E-state index in [4.69, 9.17) is 26.2 Å². The lowest BCUT2D eigenvalue weighted by atomic mass is 10.2. The van der Waals surface area contributed by atoms with E-state index in [0.717, 1.165) is 23.1 Å². The van der Waals surface area contributed by atoms with E-state index in [1.165, 1.54) is 14.0 Å². The number of carbonyl (C=O) groups excluding carboxylic acids is 1. The van der Waals surface area contributed by atoms with Crippen molar-refractivity contribution < 1.29 is 24.2 Å². The normalized spacial score (nSPS) is 12.3. The van der Waals surface area contributed by atoms with Gasteiger partial charge in [0.15, 0.2) is 5.16 Å². The Balaban J connectivity index is 2.34. The molecule has 0 amide bonds. The number of hydrogen-bond acceptors (Lipinski definition) is 8. The number of thiophene rings is 1. The molecule has 2 aromatic heterocycles. The second-order valence-corrected chi connectivity index (χ2v) is 7.43. The van der Waals surface area contributed by atoms with Crippen molar-refractivity contribution >= 4 is 56.9 Å². The number of aliphatic carboxylic acids is 1. The van der Waals surface area contributed by atoms with Gasteiger partial charge in [-0.3, -0.25) is 4.79 Å². The molecule has 2 heterocycles. The number of ether oxygens (including phenoxy) is 2. The molecule has 0 fully saturated rings. The molecule has 0 saturated heterocycles. The third kappa shape index (κ3) is 4.15. The van der Waals surface area contributed by atoms with Gasteiger partial charge in [0, 0.05) is 7.11 Å². The Morgan fingerprint density at radius 3 is 2.71 bits per heavy atom. The lowest BCUT2D eigenvalue weighted by Gasteiger charge is -2.05. The van der Waals surface area contributed by atoms with Crippen LogP contribution in [0.4, 0.5) is 0 Å². The van der Waals surface area contributed by atoms with E-state index in [9.17, 15) is 9.59 Å². The first-order valence-electron chi connectivity index (χ1n) is 6.87. The maximum atomic E-state index is 12.1. The first-order valence-corrected chi connectivity index (χ1v) is 8.94. The van der Waals surface area contributed by atoms with Crippen LogP contribution in [-0.2, 0) is 14.3 Å². The molecule has 0 aromatic carbocycles. The number of halogens is 1. The van der Waals surface area contributed by atoms with Crippen molar-refractivity contribution in [3.63, 3.8) is 0 Å². The number of rotatable bonds is 7. The smallest absolute Gasteiger partial charge is 0.348 e. The number of carboxylic acid groups (broad SMARTS) is 1. The van der Waals surface area contributed by atoms with Gasteiger partial charge in [-0.15, -0.1) is 11.3 Å². The molecule has 0 saturated carbocycles. The molecule has 0 bridgehead atoms. The Hall–Kier alpha value is -1.42. The van der Waals surface area contributed by atoms with E-state index in [0.29, 0.717) is 27.3 Å². The van der Waals surface area contributed by atoms with Crippen molar-refractivity contribution in [1.82, 2.24) is 9.97 Å². The Kier molecular flexibility index (Phi) is 6.39. The molecule has 0 aliphatic rings. The zero-order valence-corrected chi connectivity index (χ0v) is 15.5. The number of esters is 1. The number of aryl methyl sites for hydroxylation is 1. The minimum Gasteiger partial charge on any atom is -0.480 e. The molecule has 24 heavy (non-hydrogen) atoms. The number of thioether (sulfide) groups is 1. The topological polar surface area (TPSA) is 98.6 Å². The molecule has 2 rings (SSSR count). The molecule has 130 valence electrons. The van der Waals surface area contributed by atoms with E-state index in [-0.39, 0.29) is 16.9 Å². The highest BCUT2D eigenvalue weighted by atomic mass is 35.5. The summed E-state index contributed by atoms with van der Waals surface area (Å²) in [6, 6.07) is 0. The van der Waals surface area contributed by atoms with Crippen LogP contribution in [0, 0.1) is 6.92 Å². The van der Waals surface area contributed by atoms with Crippen molar-refractivity contribution in [1.29, 1.82) is 0 Å². The summed E-state index contributed by atoms with van der Waals surface area (Å²) in [5, 5.41) is 9.28. The summed E-state index contributed by atoms with van der Waals surface area (Å²) >= 11 is 8.33. The fraction of sp³-hybridized carbons (Fsp3) is 0.429. The van der Waals surface area contributed by atoms with Crippen LogP contribution in [0.1, 0.15) is 22.2 Å². The van der Waals surface area contributed by atoms with Gasteiger partial charge in [-0.25, -0.2) is 14.8 Å². The van der Waals surface area contributed by atoms with Gasteiger partial charge in [0.25, 0.3) is 0 Å². The highest BCUT2D eigenvalue weighted by Gasteiger charge is 2.22. The zero-order chi connectivity index (χ0) is 17.9. The minimum atomic E-state index is -0.968. The number of nitrogens with zero attached hydrogens (tertiary/aromatic N) is 2. The van der Waals surface area contributed by atoms with Gasteiger partial charge >= 0.3 is 11.9 Å². The first-order chi connectivity index (χ1) is 11.3. The number of carboxylic acids is 1. The fourth-order valence-electron chi connectivity index (χ4n) is 1.81. The molecular weight excluding hydrogens is 376 g/mol. The highest BCUT2D eigenvalue weighted by Crippen LogP contribution is 2.36. The van der Waals surface area contributed by atoms with E-state index in [1.54, 1.807) is 6.92 Å². The van der Waals surface area contributed by atoms with Gasteiger partial charge in [0.2, 0.25) is 0 Å². The van der Waals surface area contributed by atoms with Crippen LogP contribution in [0.5, 0.6) is 0 Å². The monoisotopic (exact) mass is 390 g/mol. The predicted octanol–water partition coefficient (Wildman–Crippen LogP) is 3.02. The zero-order valence-electron chi connectivity index (χ0n) is 13.2. The van der Waals surface area contributed by atoms with E-state index in [1.807, 2.05) is 0 Å². The van der Waals surface area contributed by atoms with Gasteiger partial charge in [-0.05, 0) is 19.4 Å². The number of fused-ring (bicyclic) bond motifs is 1. The van der Waals surface area contributed by atoms with Crippen LogP contribution in [-0.4, -0.2) is 52.6 Å². The molecule has 7 nitrogen and oxygen atoms in total. The maximum Gasteiger partial charge on any atom is 0.348 e. The fourth-order valence-corrected chi connectivity index (χ4v) is 4.07. The Morgan fingerprint density at radius 1 is 1.38 bits per heavy atom. The summed E-state index contributed by atoms with van der Waals surface area (Å²) in [5.74, 6) is -1.44. The van der Waals surface area contributed by atoms with Crippen molar-refractivity contribution in [3.05, 3.63) is 15.6 Å². The molecule has 0 aliphatic heterocycles. The van der Waals surface area contributed by atoms with Gasteiger partial charge in [0.1, 0.15) is 26.7 Å². The van der Waals surface area contributed by atoms with Crippen LogP contribution in [0.15, 0.2) is 5.16 Å². The number of aromatic nitrogens is 2. The van der Waals surface area contributed by atoms with Crippen LogP contribution < -0.4 is 0 Å². The number of carbonyl (C=O) groups is 2. The Morgan fingerprint density at radius 2 is 2.08 bits per heavy atom. The van der Waals surface area contributed by atoms with Crippen molar-refractivity contribution in [3.8, 4) is 0 Å². The number of methoxy groups -OCH3 is 1. The van der Waals surface area contributed by atoms with Gasteiger partial charge in [-0.2, -0.15) is 0 Å². The molecule has 1 N–H and O–H groups in total. The summed E-state index contributed by atoms with van der Waals surface area (Å²) in [6.07, 6.45) is 0. The molecule has 10 heteroatoms. The second kappa shape index (κ2) is 8.11. The molecular formula is C14H15ClN2O5S2. The summed E-state index contributed by atoms with van der Waals surface area (Å²) in [5.41, 5.74) is 0.644. The molecule has 1 atom stereocenters. The van der Waals surface area contributed by atoms with Crippen LogP contribution in [0.3, 0.4) is 0 Å². The Labute approximate surface area is 151 Å². The van der Waals surface area contributed by atoms with Crippen molar-refractivity contribution in [2.24, 2.45) is 0 Å². The van der Waals surface area contributed by atoms with Crippen molar-refractivity contribution in [2.75, 3.05) is 20.3 Å². The standard InChI is InChI=1S/C14H15ClN2O5S2/c1-6-8-10(15)16-14(23-7(2)12(18)19)17-11(8)24-9(6)13(20)22-5-4-21-3/h7H,4-5H2,1-3H3,(H,18,19). The molecule has 0 radical (unpaired) electrons. The maximum absolute atomic E-state index is 12.1. The third-order valence-corrected chi connectivity index (χ3v) is 5.45. The predicted molar refractivity (Wildman–Crippen MR) is 92.3 cm³/mol. The van der Waals surface area contributed by atoms with Crippen molar-refractivity contribution in [2.45, 2.75) is 24.3 Å². The summed E-state index contributed by atoms with van der Waals surface area (Å²) in [6.45, 7) is 3.74. The summed E-state index contributed by atoms with van der Waals surface area (Å²) in [4.78, 5) is 32.4. The summed E-state index contributed by atoms with van der Waals surface area (Å²) in [7, 11) is 1.52. The highest BCUT2D eigenvalue weighted by molar-refractivity contribution is 8.00.